The van der Waals surface area contributed by atoms with Gasteiger partial charge in [-0.3, -0.25) is 4.98 Å². The minimum atomic E-state index is -3.62. The van der Waals surface area contributed by atoms with E-state index < -0.39 is 10.0 Å². The van der Waals surface area contributed by atoms with E-state index in [1.165, 1.54) is 6.20 Å². The van der Waals surface area contributed by atoms with Crippen molar-refractivity contribution in [3.05, 3.63) is 18.5 Å². The number of hydrogen-bond acceptors (Lipinski definition) is 5. The van der Waals surface area contributed by atoms with Crippen molar-refractivity contribution in [1.29, 1.82) is 0 Å². The summed E-state index contributed by atoms with van der Waals surface area (Å²) in [6.07, 6.45) is 2.87. The highest BCUT2D eigenvalue weighted by Gasteiger charge is 2.24. The minimum Gasteiger partial charge on any atom is -0.387 e. The van der Waals surface area contributed by atoms with Crippen molar-refractivity contribution in [1.82, 2.24) is 9.71 Å². The van der Waals surface area contributed by atoms with Crippen LogP contribution in [-0.4, -0.2) is 40.2 Å². The van der Waals surface area contributed by atoms with Gasteiger partial charge < -0.3 is 10.1 Å². The number of rotatable bonds is 7. The largest absolute Gasteiger partial charge is 0.387 e. The maximum atomic E-state index is 12.4. The average molecular weight is 287 g/mol. The van der Waals surface area contributed by atoms with Gasteiger partial charge in [0.1, 0.15) is 4.90 Å². The number of pyridine rings is 1. The normalized spacial score (nSPS) is 13.5. The SMILES string of the molecule is CNc1ccncc1S(=O)(=O)NC(COC)C(C)C. The predicted octanol–water partition coefficient (Wildman–Crippen LogP) is 1.07. The van der Waals surface area contributed by atoms with Crippen molar-refractivity contribution in [3.8, 4) is 0 Å². The van der Waals surface area contributed by atoms with Crippen LogP contribution in [-0.2, 0) is 14.8 Å². The first-order chi connectivity index (χ1) is 8.92. The summed E-state index contributed by atoms with van der Waals surface area (Å²) in [6, 6.07) is 1.34. The lowest BCUT2D eigenvalue weighted by Crippen LogP contribution is -2.41. The zero-order chi connectivity index (χ0) is 14.5. The smallest absolute Gasteiger partial charge is 0.244 e. The van der Waals surface area contributed by atoms with Crippen molar-refractivity contribution >= 4 is 15.7 Å². The number of hydrogen-bond donors (Lipinski definition) is 2. The Morgan fingerprint density at radius 2 is 2.11 bits per heavy atom. The molecule has 2 N–H and O–H groups in total. The van der Waals surface area contributed by atoms with Crippen molar-refractivity contribution in [3.63, 3.8) is 0 Å². The highest BCUT2D eigenvalue weighted by molar-refractivity contribution is 7.89. The van der Waals surface area contributed by atoms with Gasteiger partial charge in [-0.15, -0.1) is 0 Å². The van der Waals surface area contributed by atoms with E-state index in [1.807, 2.05) is 13.8 Å². The van der Waals surface area contributed by atoms with Gasteiger partial charge in [0, 0.05) is 32.6 Å². The van der Waals surface area contributed by atoms with E-state index in [9.17, 15) is 8.42 Å². The molecule has 7 heteroatoms. The second kappa shape index (κ2) is 6.83. The van der Waals surface area contributed by atoms with Crippen molar-refractivity contribution in [2.24, 2.45) is 5.92 Å². The molecule has 0 aliphatic carbocycles. The lowest BCUT2D eigenvalue weighted by molar-refractivity contribution is 0.157. The van der Waals surface area contributed by atoms with Gasteiger partial charge in [0.2, 0.25) is 10.0 Å². The number of nitrogens with zero attached hydrogens (tertiary/aromatic N) is 1. The molecule has 6 nitrogen and oxygen atoms in total. The van der Waals surface area contributed by atoms with Gasteiger partial charge in [0.05, 0.1) is 12.3 Å². The second-order valence-electron chi connectivity index (χ2n) is 4.55. The Balaban J connectivity index is 3.03. The fourth-order valence-electron chi connectivity index (χ4n) is 1.61. The van der Waals surface area contributed by atoms with Crippen LogP contribution in [0.3, 0.4) is 0 Å². The molecule has 0 amide bonds. The van der Waals surface area contributed by atoms with Gasteiger partial charge in [-0.05, 0) is 12.0 Å². The lowest BCUT2D eigenvalue weighted by atomic mass is 10.1. The van der Waals surface area contributed by atoms with E-state index in [2.05, 4.69) is 15.0 Å². The Labute approximate surface area is 114 Å². The van der Waals surface area contributed by atoms with Gasteiger partial charge in [-0.25, -0.2) is 13.1 Å². The fourth-order valence-corrected chi connectivity index (χ4v) is 3.13. The fraction of sp³-hybridized carbons (Fsp3) is 0.583. The molecular formula is C12H21N3O3S. The van der Waals surface area contributed by atoms with Crippen LogP contribution in [0.1, 0.15) is 13.8 Å². The van der Waals surface area contributed by atoms with E-state index in [-0.39, 0.29) is 16.9 Å². The maximum absolute atomic E-state index is 12.4. The van der Waals surface area contributed by atoms with Gasteiger partial charge >= 0.3 is 0 Å². The number of anilines is 1. The van der Waals surface area contributed by atoms with E-state index in [0.29, 0.717) is 12.3 Å². The Morgan fingerprint density at radius 3 is 2.63 bits per heavy atom. The molecule has 1 unspecified atom stereocenters. The zero-order valence-corrected chi connectivity index (χ0v) is 12.5. The molecule has 1 aromatic heterocycles. The Morgan fingerprint density at radius 1 is 1.42 bits per heavy atom. The molecule has 1 atom stereocenters. The van der Waals surface area contributed by atoms with Gasteiger partial charge in [-0.2, -0.15) is 0 Å². The van der Waals surface area contributed by atoms with E-state index in [1.54, 1.807) is 26.4 Å². The molecular weight excluding hydrogens is 266 g/mol. The first kappa shape index (κ1) is 15.9. The van der Waals surface area contributed by atoms with Gasteiger partial charge in [-0.1, -0.05) is 13.8 Å². The van der Waals surface area contributed by atoms with Crippen LogP contribution in [0.25, 0.3) is 0 Å². The standard InChI is InChI=1S/C12H21N3O3S/c1-9(2)11(8-18-4)15-19(16,17)12-7-14-6-5-10(12)13-3/h5-7,9,11,15H,8H2,1-4H3,(H,13,14). The molecule has 0 aromatic carbocycles. The van der Waals surface area contributed by atoms with Crippen LogP contribution in [0.4, 0.5) is 5.69 Å². The zero-order valence-electron chi connectivity index (χ0n) is 11.7. The van der Waals surface area contributed by atoms with Crippen molar-refractivity contribution in [2.75, 3.05) is 26.1 Å². The van der Waals surface area contributed by atoms with E-state index >= 15 is 0 Å². The van der Waals surface area contributed by atoms with Crippen LogP contribution < -0.4 is 10.0 Å². The number of nitrogens with one attached hydrogen (secondary N) is 2. The highest BCUT2D eigenvalue weighted by Crippen LogP contribution is 2.19. The molecule has 1 heterocycles. The molecule has 1 aromatic rings. The summed E-state index contributed by atoms with van der Waals surface area (Å²) in [4.78, 5) is 4.01. The molecule has 108 valence electrons. The maximum Gasteiger partial charge on any atom is 0.244 e. The molecule has 0 saturated carbocycles. The van der Waals surface area contributed by atoms with Crippen LogP contribution in [0, 0.1) is 5.92 Å². The third kappa shape index (κ3) is 4.15. The summed E-state index contributed by atoms with van der Waals surface area (Å²) in [5.41, 5.74) is 0.516. The first-order valence-corrected chi connectivity index (χ1v) is 7.53. The Kier molecular flexibility index (Phi) is 5.71. The highest BCUT2D eigenvalue weighted by atomic mass is 32.2. The number of methoxy groups -OCH3 is 1. The number of ether oxygens (including phenoxy) is 1. The molecule has 0 bridgehead atoms. The molecule has 0 fully saturated rings. The summed E-state index contributed by atoms with van der Waals surface area (Å²) in [5.74, 6) is 0.129. The lowest BCUT2D eigenvalue weighted by Gasteiger charge is -2.22. The van der Waals surface area contributed by atoms with Crippen LogP contribution in [0.5, 0.6) is 0 Å². The Hall–Kier alpha value is -1.18. The summed E-state index contributed by atoms with van der Waals surface area (Å²) >= 11 is 0. The van der Waals surface area contributed by atoms with Crippen LogP contribution in [0.2, 0.25) is 0 Å². The Bertz CT molecular complexity index is 503. The molecule has 0 aliphatic heterocycles. The third-order valence-electron chi connectivity index (χ3n) is 2.80. The quantitative estimate of drug-likeness (QED) is 0.784. The van der Waals surface area contributed by atoms with E-state index in [4.69, 9.17) is 4.74 Å². The average Bonchev–Trinajstić information content (AvgIpc) is 2.38. The summed E-state index contributed by atoms with van der Waals surface area (Å²) in [7, 11) is -0.406. The first-order valence-electron chi connectivity index (χ1n) is 6.05. The third-order valence-corrected chi connectivity index (χ3v) is 4.32. The number of aromatic nitrogens is 1. The van der Waals surface area contributed by atoms with Crippen molar-refractivity contribution < 1.29 is 13.2 Å². The van der Waals surface area contributed by atoms with Gasteiger partial charge in [0.15, 0.2) is 0 Å². The molecule has 0 radical (unpaired) electrons. The topological polar surface area (TPSA) is 80.3 Å². The monoisotopic (exact) mass is 287 g/mol. The molecule has 1 rings (SSSR count). The van der Waals surface area contributed by atoms with Gasteiger partial charge in [0.25, 0.3) is 0 Å². The number of sulfonamides is 1. The summed E-state index contributed by atoms with van der Waals surface area (Å²) in [5, 5.41) is 2.85. The molecule has 0 spiro atoms. The summed E-state index contributed by atoms with van der Waals surface area (Å²) in [6.45, 7) is 4.20. The van der Waals surface area contributed by atoms with Crippen LogP contribution >= 0.6 is 0 Å². The second-order valence-corrected chi connectivity index (χ2v) is 6.23. The summed E-state index contributed by atoms with van der Waals surface area (Å²) < 4.78 is 32.4. The van der Waals surface area contributed by atoms with Crippen molar-refractivity contribution in [2.45, 2.75) is 24.8 Å². The molecule has 19 heavy (non-hydrogen) atoms. The predicted molar refractivity (Wildman–Crippen MR) is 74.6 cm³/mol. The van der Waals surface area contributed by atoms with E-state index in [0.717, 1.165) is 0 Å². The van der Waals surface area contributed by atoms with Crippen LogP contribution in [0.15, 0.2) is 23.4 Å². The minimum absolute atomic E-state index is 0.129. The molecule has 0 saturated heterocycles. The molecule has 0 aliphatic rings.